The van der Waals surface area contributed by atoms with Gasteiger partial charge in [0.05, 0.1) is 0 Å². The number of nitrogens with zero attached hydrogens (tertiary/aromatic N) is 2. The zero-order chi connectivity index (χ0) is 16.8. The Hall–Kier alpha value is -3.15. The maximum absolute atomic E-state index is 12.0. The monoisotopic (exact) mass is 322 g/mol. The van der Waals surface area contributed by atoms with Crippen LogP contribution < -0.4 is 5.32 Å². The van der Waals surface area contributed by atoms with Crippen molar-refractivity contribution >= 4 is 5.91 Å². The number of rotatable bonds is 6. The fourth-order valence-corrected chi connectivity index (χ4v) is 2.38. The molecule has 3 aromatic rings. The summed E-state index contributed by atoms with van der Waals surface area (Å²) in [7, 11) is 0. The summed E-state index contributed by atoms with van der Waals surface area (Å²) < 4.78 is 0. The molecule has 1 amide bonds. The first-order chi connectivity index (χ1) is 11.7. The third-order valence-electron chi connectivity index (χ3n) is 3.68. The number of amides is 1. The molecule has 0 saturated heterocycles. The Kier molecular flexibility index (Phi) is 4.86. The Morgan fingerprint density at radius 2 is 1.96 bits per heavy atom. The first-order valence-electron chi connectivity index (χ1n) is 7.70. The molecule has 0 unspecified atom stereocenters. The zero-order valence-corrected chi connectivity index (χ0v) is 13.1. The van der Waals surface area contributed by atoms with Crippen molar-refractivity contribution in [2.24, 2.45) is 0 Å². The summed E-state index contributed by atoms with van der Waals surface area (Å²) in [6.45, 7) is 0.469. The molecule has 0 aliphatic rings. The summed E-state index contributed by atoms with van der Waals surface area (Å²) in [5, 5.41) is 18.8. The molecule has 0 fully saturated rings. The molecule has 122 valence electrons. The van der Waals surface area contributed by atoms with Gasteiger partial charge in [-0.2, -0.15) is 5.10 Å². The van der Waals surface area contributed by atoms with Crippen LogP contribution in [0.15, 0.2) is 54.9 Å². The second-order valence-electron chi connectivity index (χ2n) is 5.48. The maximum Gasteiger partial charge on any atom is 0.220 e. The number of aromatic hydroxyl groups is 1. The van der Waals surface area contributed by atoms with E-state index in [0.717, 1.165) is 16.7 Å². The number of aromatic amines is 1. The molecule has 0 bridgehead atoms. The molecule has 0 radical (unpaired) electrons. The summed E-state index contributed by atoms with van der Waals surface area (Å²) in [4.78, 5) is 16.1. The number of carbonyl (C=O) groups is 1. The molecule has 0 aliphatic heterocycles. The lowest BCUT2D eigenvalue weighted by Crippen LogP contribution is -2.23. The van der Waals surface area contributed by atoms with Crippen LogP contribution in [0.5, 0.6) is 5.75 Å². The summed E-state index contributed by atoms with van der Waals surface area (Å²) in [5.41, 5.74) is 2.96. The molecule has 24 heavy (non-hydrogen) atoms. The van der Waals surface area contributed by atoms with Crippen molar-refractivity contribution in [1.82, 2.24) is 20.5 Å². The van der Waals surface area contributed by atoms with Crippen LogP contribution in [0, 0.1) is 0 Å². The molecule has 0 atom stereocenters. The Morgan fingerprint density at radius 3 is 2.71 bits per heavy atom. The number of hydrogen-bond acceptors (Lipinski definition) is 4. The molecule has 3 rings (SSSR count). The summed E-state index contributed by atoms with van der Waals surface area (Å²) >= 11 is 0. The Bertz CT molecular complexity index is 798. The molecule has 3 N–H and O–H groups in total. The lowest BCUT2D eigenvalue weighted by atomic mass is 10.1. The van der Waals surface area contributed by atoms with Gasteiger partial charge in [0.25, 0.3) is 0 Å². The van der Waals surface area contributed by atoms with Crippen LogP contribution in [-0.4, -0.2) is 26.2 Å². The second kappa shape index (κ2) is 7.41. The van der Waals surface area contributed by atoms with E-state index in [4.69, 9.17) is 0 Å². The number of aromatic nitrogens is 3. The molecule has 1 aromatic heterocycles. The van der Waals surface area contributed by atoms with Gasteiger partial charge in [0.15, 0.2) is 5.82 Å². The number of H-pyrrole nitrogens is 1. The van der Waals surface area contributed by atoms with Gasteiger partial charge in [0, 0.05) is 18.5 Å². The predicted octanol–water partition coefficient (Wildman–Crippen LogP) is 2.43. The third-order valence-corrected chi connectivity index (χ3v) is 3.68. The highest BCUT2D eigenvalue weighted by molar-refractivity contribution is 5.76. The second-order valence-corrected chi connectivity index (χ2v) is 5.48. The molecule has 0 spiro atoms. The number of phenols is 1. The highest BCUT2D eigenvalue weighted by Gasteiger charge is 2.05. The summed E-state index contributed by atoms with van der Waals surface area (Å²) in [6, 6.07) is 14.7. The molecule has 1 heterocycles. The molecule has 6 nitrogen and oxygen atoms in total. The maximum atomic E-state index is 12.0. The van der Waals surface area contributed by atoms with Gasteiger partial charge in [-0.05, 0) is 35.7 Å². The van der Waals surface area contributed by atoms with E-state index in [9.17, 15) is 9.90 Å². The van der Waals surface area contributed by atoms with Gasteiger partial charge in [0.2, 0.25) is 5.91 Å². The average Bonchev–Trinajstić information content (AvgIpc) is 3.14. The van der Waals surface area contributed by atoms with Crippen molar-refractivity contribution in [1.29, 1.82) is 0 Å². The highest BCUT2D eigenvalue weighted by atomic mass is 16.3. The number of hydrogen-bond donors (Lipinski definition) is 3. The Morgan fingerprint density at radius 1 is 1.12 bits per heavy atom. The first kappa shape index (κ1) is 15.7. The van der Waals surface area contributed by atoms with Gasteiger partial charge in [0.1, 0.15) is 12.1 Å². The van der Waals surface area contributed by atoms with Crippen molar-refractivity contribution < 1.29 is 9.90 Å². The fourth-order valence-electron chi connectivity index (χ4n) is 2.38. The van der Waals surface area contributed by atoms with E-state index in [-0.39, 0.29) is 11.7 Å². The van der Waals surface area contributed by atoms with Crippen LogP contribution in [-0.2, 0) is 17.8 Å². The van der Waals surface area contributed by atoms with Gasteiger partial charge >= 0.3 is 0 Å². The van der Waals surface area contributed by atoms with Crippen molar-refractivity contribution in [2.45, 2.75) is 19.4 Å². The van der Waals surface area contributed by atoms with E-state index < -0.39 is 0 Å². The Labute approximate surface area is 139 Å². The molecule has 2 aromatic carbocycles. The normalized spacial score (nSPS) is 10.5. The molecular weight excluding hydrogens is 304 g/mol. The lowest BCUT2D eigenvalue weighted by molar-refractivity contribution is -0.121. The van der Waals surface area contributed by atoms with Crippen LogP contribution in [0.3, 0.4) is 0 Å². The van der Waals surface area contributed by atoms with Gasteiger partial charge in [-0.3, -0.25) is 9.89 Å². The molecule has 0 aliphatic carbocycles. The van der Waals surface area contributed by atoms with Gasteiger partial charge in [-0.1, -0.05) is 30.3 Å². The lowest BCUT2D eigenvalue weighted by Gasteiger charge is -2.07. The first-order valence-corrected chi connectivity index (χ1v) is 7.70. The van der Waals surface area contributed by atoms with E-state index >= 15 is 0 Å². The van der Waals surface area contributed by atoms with Crippen LogP contribution in [0.4, 0.5) is 0 Å². The van der Waals surface area contributed by atoms with Crippen LogP contribution in [0.25, 0.3) is 11.4 Å². The van der Waals surface area contributed by atoms with E-state index in [1.54, 1.807) is 12.1 Å². The van der Waals surface area contributed by atoms with E-state index in [2.05, 4.69) is 20.5 Å². The molecule has 6 heteroatoms. The minimum atomic E-state index is -0.00635. The predicted molar refractivity (Wildman–Crippen MR) is 90.1 cm³/mol. The van der Waals surface area contributed by atoms with E-state index in [1.165, 1.54) is 6.33 Å². The van der Waals surface area contributed by atoms with Crippen LogP contribution in [0.2, 0.25) is 0 Å². The van der Waals surface area contributed by atoms with Crippen LogP contribution in [0.1, 0.15) is 17.5 Å². The van der Waals surface area contributed by atoms with Crippen molar-refractivity contribution in [3.8, 4) is 17.1 Å². The minimum Gasteiger partial charge on any atom is -0.508 e. The fraction of sp³-hybridized carbons (Fsp3) is 0.167. The van der Waals surface area contributed by atoms with E-state index in [1.807, 2.05) is 36.4 Å². The van der Waals surface area contributed by atoms with Crippen LogP contribution >= 0.6 is 0 Å². The third kappa shape index (κ3) is 4.19. The van der Waals surface area contributed by atoms with E-state index in [0.29, 0.717) is 25.2 Å². The van der Waals surface area contributed by atoms with Gasteiger partial charge in [-0.25, -0.2) is 4.98 Å². The Balaban J connectivity index is 1.51. The number of benzene rings is 2. The van der Waals surface area contributed by atoms with Crippen molar-refractivity contribution in [3.05, 3.63) is 66.0 Å². The standard InChI is InChI=1S/C18H18N4O2/c23-16-7-4-13(5-8-16)6-9-17(24)19-11-14-2-1-3-15(10-14)18-20-12-21-22-18/h1-5,7-8,10,12,23H,6,9,11H2,(H,19,24)(H,20,21,22). The minimum absolute atomic E-state index is 0.00635. The van der Waals surface area contributed by atoms with Gasteiger partial charge in [-0.15, -0.1) is 0 Å². The number of carbonyl (C=O) groups excluding carboxylic acids is 1. The molecular formula is C18H18N4O2. The number of phenolic OH excluding ortho intramolecular Hbond substituents is 1. The SMILES string of the molecule is O=C(CCc1ccc(O)cc1)NCc1cccc(-c2ncn[nH]2)c1. The average molecular weight is 322 g/mol. The quantitative estimate of drug-likeness (QED) is 0.650. The topological polar surface area (TPSA) is 90.9 Å². The summed E-state index contributed by atoms with van der Waals surface area (Å²) in [5.74, 6) is 0.929. The summed E-state index contributed by atoms with van der Waals surface area (Å²) in [6.07, 6.45) is 2.52. The van der Waals surface area contributed by atoms with Crippen molar-refractivity contribution in [2.75, 3.05) is 0 Å². The number of aryl methyl sites for hydroxylation is 1. The van der Waals surface area contributed by atoms with Crippen molar-refractivity contribution in [3.63, 3.8) is 0 Å². The molecule has 0 saturated carbocycles. The number of nitrogens with one attached hydrogen (secondary N) is 2. The zero-order valence-electron chi connectivity index (χ0n) is 13.1. The highest BCUT2D eigenvalue weighted by Crippen LogP contribution is 2.15. The largest absolute Gasteiger partial charge is 0.508 e. The van der Waals surface area contributed by atoms with Gasteiger partial charge < -0.3 is 10.4 Å². The smallest absolute Gasteiger partial charge is 0.220 e.